The van der Waals surface area contributed by atoms with Crippen molar-refractivity contribution < 1.29 is 8.42 Å². The van der Waals surface area contributed by atoms with Gasteiger partial charge in [0.05, 0.1) is 17.4 Å². The highest BCUT2D eigenvalue weighted by Crippen LogP contribution is 2.29. The number of nitrogens with one attached hydrogen (secondary N) is 1. The molecule has 1 aliphatic heterocycles. The van der Waals surface area contributed by atoms with Crippen LogP contribution in [0.3, 0.4) is 0 Å². The number of benzene rings is 1. The number of sulfonamides is 1. The van der Waals surface area contributed by atoms with Crippen LogP contribution < -0.4 is 4.72 Å². The third kappa shape index (κ3) is 3.82. The van der Waals surface area contributed by atoms with Crippen LogP contribution in [0.2, 0.25) is 0 Å². The fourth-order valence-corrected chi connectivity index (χ4v) is 4.26. The van der Waals surface area contributed by atoms with Crippen LogP contribution in [0.15, 0.2) is 24.3 Å². The lowest BCUT2D eigenvalue weighted by atomic mass is 10.2. The summed E-state index contributed by atoms with van der Waals surface area (Å²) in [5, 5.41) is 8.74. The summed E-state index contributed by atoms with van der Waals surface area (Å²) in [4.78, 5) is 2.38. The van der Waals surface area contributed by atoms with Gasteiger partial charge < -0.3 is 0 Å². The van der Waals surface area contributed by atoms with Crippen molar-refractivity contribution in [2.45, 2.75) is 37.1 Å². The highest BCUT2D eigenvalue weighted by Gasteiger charge is 2.35. The third-order valence-corrected chi connectivity index (χ3v) is 5.47. The van der Waals surface area contributed by atoms with Gasteiger partial charge in [-0.25, -0.2) is 13.1 Å². The number of hydrogen-bond donors (Lipinski definition) is 1. The number of likely N-dealkylation sites (tertiary alicyclic amines) is 1. The summed E-state index contributed by atoms with van der Waals surface area (Å²) in [7, 11) is -3.33. The van der Waals surface area contributed by atoms with Crippen LogP contribution >= 0.6 is 0 Å². The molecule has 1 N–H and O–H groups in total. The summed E-state index contributed by atoms with van der Waals surface area (Å²) in [5.41, 5.74) is 1.25. The van der Waals surface area contributed by atoms with Gasteiger partial charge in [-0.15, -0.1) is 0 Å². The predicted molar refractivity (Wildman–Crippen MR) is 79.9 cm³/mol. The summed E-state index contributed by atoms with van der Waals surface area (Å²) in [6.07, 6.45) is 3.40. The first kappa shape index (κ1) is 14.5. The average molecular weight is 305 g/mol. The second-order valence-corrected chi connectivity index (χ2v) is 7.65. The van der Waals surface area contributed by atoms with Crippen molar-refractivity contribution in [2.24, 2.45) is 0 Å². The quantitative estimate of drug-likeness (QED) is 0.887. The van der Waals surface area contributed by atoms with Crippen molar-refractivity contribution in [3.05, 3.63) is 35.4 Å². The lowest BCUT2D eigenvalue weighted by Crippen LogP contribution is -2.38. The van der Waals surface area contributed by atoms with Crippen LogP contribution in [0.5, 0.6) is 0 Å². The van der Waals surface area contributed by atoms with E-state index in [9.17, 15) is 8.42 Å². The van der Waals surface area contributed by atoms with E-state index in [1.807, 2.05) is 6.07 Å². The molecule has 0 spiro atoms. The molecule has 1 heterocycles. The second-order valence-electron chi connectivity index (χ2n) is 5.90. The topological polar surface area (TPSA) is 73.2 Å². The van der Waals surface area contributed by atoms with E-state index in [0.717, 1.165) is 19.5 Å². The fourth-order valence-electron chi connectivity index (χ4n) is 2.85. The molecule has 0 amide bonds. The van der Waals surface area contributed by atoms with Crippen LogP contribution in [0.25, 0.3) is 0 Å². The Morgan fingerprint density at radius 1 is 1.24 bits per heavy atom. The van der Waals surface area contributed by atoms with Crippen LogP contribution in [-0.2, 0) is 15.8 Å². The molecule has 21 heavy (non-hydrogen) atoms. The number of hydrogen-bond acceptors (Lipinski definition) is 4. The highest BCUT2D eigenvalue weighted by molar-refractivity contribution is 7.88. The molecule has 6 heteroatoms. The van der Waals surface area contributed by atoms with Crippen molar-refractivity contribution in [1.82, 2.24) is 9.62 Å². The maximum atomic E-state index is 12.2. The molecule has 1 aliphatic carbocycles. The van der Waals surface area contributed by atoms with E-state index in [4.69, 9.17) is 5.26 Å². The summed E-state index contributed by atoms with van der Waals surface area (Å²) >= 11 is 0. The van der Waals surface area contributed by atoms with Gasteiger partial charge in [-0.1, -0.05) is 12.1 Å². The van der Waals surface area contributed by atoms with E-state index in [0.29, 0.717) is 17.2 Å². The Morgan fingerprint density at radius 3 is 2.57 bits per heavy atom. The molecule has 1 saturated carbocycles. The first-order chi connectivity index (χ1) is 10.1. The predicted octanol–water partition coefficient (Wildman–Crippen LogP) is 1.21. The zero-order valence-corrected chi connectivity index (χ0v) is 12.6. The Hall–Kier alpha value is -1.42. The Labute approximate surface area is 125 Å². The van der Waals surface area contributed by atoms with Crippen LogP contribution in [-0.4, -0.2) is 38.5 Å². The van der Waals surface area contributed by atoms with E-state index < -0.39 is 10.0 Å². The van der Waals surface area contributed by atoms with Crippen molar-refractivity contribution in [3.8, 4) is 6.07 Å². The summed E-state index contributed by atoms with van der Waals surface area (Å²) in [6.45, 7) is 1.83. The van der Waals surface area contributed by atoms with Gasteiger partial charge in [0.2, 0.25) is 10.0 Å². The summed E-state index contributed by atoms with van der Waals surface area (Å²) in [5.74, 6) is -0.0291. The molecule has 1 aromatic carbocycles. The molecule has 1 unspecified atom stereocenters. The molecule has 0 bridgehead atoms. The zero-order chi connectivity index (χ0) is 14.9. The molecular weight excluding hydrogens is 286 g/mol. The molecule has 2 aliphatic rings. The average Bonchev–Trinajstić information content (AvgIpc) is 3.20. The van der Waals surface area contributed by atoms with Gasteiger partial charge in [0.1, 0.15) is 0 Å². The maximum absolute atomic E-state index is 12.2. The Balaban J connectivity index is 1.57. The normalized spacial score (nSPS) is 23.1. The minimum absolute atomic E-state index is 0.0291. The van der Waals surface area contributed by atoms with Gasteiger partial charge in [0.15, 0.2) is 0 Å². The third-order valence-electron chi connectivity index (χ3n) is 4.07. The standard InChI is InChI=1S/C15H19N3O2S/c16-9-12-1-3-13(4-2-12)11-21(19,20)17-14-7-8-18(10-14)15-5-6-15/h1-4,14-15,17H,5-8,10-11H2. The first-order valence-corrected chi connectivity index (χ1v) is 8.94. The van der Waals surface area contributed by atoms with Crippen molar-refractivity contribution in [3.63, 3.8) is 0 Å². The molecule has 2 fully saturated rings. The van der Waals surface area contributed by atoms with Crippen molar-refractivity contribution >= 4 is 10.0 Å². The lowest BCUT2D eigenvalue weighted by Gasteiger charge is -2.16. The number of nitriles is 1. The Kier molecular flexibility index (Phi) is 3.98. The molecule has 5 nitrogen and oxygen atoms in total. The van der Waals surface area contributed by atoms with Crippen LogP contribution in [0.1, 0.15) is 30.4 Å². The highest BCUT2D eigenvalue weighted by atomic mass is 32.2. The molecular formula is C15H19N3O2S. The van der Waals surface area contributed by atoms with Crippen molar-refractivity contribution in [1.29, 1.82) is 5.26 Å². The van der Waals surface area contributed by atoms with Gasteiger partial charge in [-0.05, 0) is 37.0 Å². The Bertz CT molecular complexity index is 644. The first-order valence-electron chi connectivity index (χ1n) is 7.29. The summed E-state index contributed by atoms with van der Waals surface area (Å²) in [6, 6.07) is 9.45. The molecule has 1 aromatic rings. The van der Waals surface area contributed by atoms with E-state index >= 15 is 0 Å². The maximum Gasteiger partial charge on any atom is 0.216 e. The van der Waals surface area contributed by atoms with Gasteiger partial charge in [0.25, 0.3) is 0 Å². The van der Waals surface area contributed by atoms with Crippen LogP contribution in [0, 0.1) is 11.3 Å². The van der Waals surface area contributed by atoms with Gasteiger partial charge >= 0.3 is 0 Å². The van der Waals surface area contributed by atoms with Gasteiger partial charge in [-0.2, -0.15) is 5.26 Å². The van der Waals surface area contributed by atoms with Gasteiger partial charge in [-0.3, -0.25) is 4.90 Å². The van der Waals surface area contributed by atoms with Crippen LogP contribution in [0.4, 0.5) is 0 Å². The molecule has 1 saturated heterocycles. The van der Waals surface area contributed by atoms with E-state index in [1.165, 1.54) is 12.8 Å². The largest absolute Gasteiger partial charge is 0.299 e. The zero-order valence-electron chi connectivity index (χ0n) is 11.8. The summed E-state index contributed by atoms with van der Waals surface area (Å²) < 4.78 is 27.2. The molecule has 112 valence electrons. The monoisotopic (exact) mass is 305 g/mol. The Morgan fingerprint density at radius 2 is 1.95 bits per heavy atom. The van der Waals surface area contributed by atoms with E-state index in [-0.39, 0.29) is 11.8 Å². The SMILES string of the molecule is N#Cc1ccc(CS(=O)(=O)NC2CCN(C3CC3)C2)cc1. The molecule has 0 aromatic heterocycles. The molecule has 0 radical (unpaired) electrons. The van der Waals surface area contributed by atoms with Crippen molar-refractivity contribution in [2.75, 3.05) is 13.1 Å². The smallest absolute Gasteiger partial charge is 0.216 e. The van der Waals surface area contributed by atoms with Gasteiger partial charge in [0, 0.05) is 25.2 Å². The minimum Gasteiger partial charge on any atom is -0.299 e. The fraction of sp³-hybridized carbons (Fsp3) is 0.533. The van der Waals surface area contributed by atoms with E-state index in [2.05, 4.69) is 9.62 Å². The number of nitrogens with zero attached hydrogens (tertiary/aromatic N) is 2. The van der Waals surface area contributed by atoms with E-state index in [1.54, 1.807) is 24.3 Å². The second kappa shape index (κ2) is 5.76. The molecule has 3 rings (SSSR count). The lowest BCUT2D eigenvalue weighted by molar-refractivity contribution is 0.322. The number of rotatable bonds is 5. The molecule has 1 atom stereocenters. The minimum atomic E-state index is -3.33.